The van der Waals surface area contributed by atoms with Crippen molar-refractivity contribution < 1.29 is 9.66 Å². The maximum atomic E-state index is 10.8. The van der Waals surface area contributed by atoms with E-state index in [2.05, 4.69) is 6.58 Å². The molecule has 0 fully saturated rings. The SMILES string of the molecule is C=CCc1cc([N+](=O)[O-])ccc1OCc1ccccc1. The molecule has 0 N–H and O–H groups in total. The van der Waals surface area contributed by atoms with Gasteiger partial charge in [0.15, 0.2) is 0 Å². The van der Waals surface area contributed by atoms with Crippen molar-refractivity contribution in [3.05, 3.63) is 82.4 Å². The number of benzene rings is 2. The Hall–Kier alpha value is -2.62. The molecule has 0 unspecified atom stereocenters. The second kappa shape index (κ2) is 6.52. The molecule has 4 heteroatoms. The summed E-state index contributed by atoms with van der Waals surface area (Å²) in [6, 6.07) is 14.4. The number of ether oxygens (including phenoxy) is 1. The van der Waals surface area contributed by atoms with Gasteiger partial charge in [0.25, 0.3) is 5.69 Å². The number of hydrogen-bond donors (Lipinski definition) is 0. The van der Waals surface area contributed by atoms with Crippen LogP contribution in [0.4, 0.5) is 5.69 Å². The van der Waals surface area contributed by atoms with Crippen LogP contribution in [0.15, 0.2) is 61.2 Å². The summed E-state index contributed by atoms with van der Waals surface area (Å²) in [4.78, 5) is 10.4. The van der Waals surface area contributed by atoms with Gasteiger partial charge in [0.2, 0.25) is 0 Å². The second-order valence-electron chi connectivity index (χ2n) is 4.32. The fourth-order valence-electron chi connectivity index (χ4n) is 1.87. The number of nitrogens with zero attached hydrogens (tertiary/aromatic N) is 1. The van der Waals surface area contributed by atoms with E-state index in [1.807, 2.05) is 30.3 Å². The zero-order valence-electron chi connectivity index (χ0n) is 11.0. The van der Waals surface area contributed by atoms with Crippen LogP contribution in [-0.2, 0) is 13.0 Å². The molecule has 0 bridgehead atoms. The zero-order chi connectivity index (χ0) is 14.4. The maximum absolute atomic E-state index is 10.8. The van der Waals surface area contributed by atoms with E-state index in [0.29, 0.717) is 18.8 Å². The molecule has 102 valence electrons. The second-order valence-corrected chi connectivity index (χ2v) is 4.32. The molecule has 2 rings (SSSR count). The van der Waals surface area contributed by atoms with Gasteiger partial charge in [-0.2, -0.15) is 0 Å². The highest BCUT2D eigenvalue weighted by Crippen LogP contribution is 2.25. The Morgan fingerprint density at radius 3 is 2.60 bits per heavy atom. The first kappa shape index (κ1) is 13.8. The van der Waals surface area contributed by atoms with Crippen molar-refractivity contribution >= 4 is 5.69 Å². The first-order valence-electron chi connectivity index (χ1n) is 6.25. The lowest BCUT2D eigenvalue weighted by molar-refractivity contribution is -0.384. The molecule has 0 aliphatic heterocycles. The Labute approximate surface area is 117 Å². The van der Waals surface area contributed by atoms with Crippen LogP contribution in [0.3, 0.4) is 0 Å². The Kier molecular flexibility index (Phi) is 4.50. The molecule has 2 aromatic rings. The minimum absolute atomic E-state index is 0.0638. The summed E-state index contributed by atoms with van der Waals surface area (Å²) >= 11 is 0. The summed E-state index contributed by atoms with van der Waals surface area (Å²) in [5.41, 5.74) is 1.88. The molecule has 0 aliphatic rings. The Morgan fingerprint density at radius 2 is 1.95 bits per heavy atom. The van der Waals surface area contributed by atoms with Gasteiger partial charge in [-0.25, -0.2) is 0 Å². The molecule has 0 aromatic heterocycles. The van der Waals surface area contributed by atoms with Crippen LogP contribution in [0.1, 0.15) is 11.1 Å². The van der Waals surface area contributed by atoms with Gasteiger partial charge < -0.3 is 4.74 Å². The lowest BCUT2D eigenvalue weighted by Crippen LogP contribution is -1.99. The molecule has 4 nitrogen and oxygen atoms in total. The number of rotatable bonds is 6. The fourth-order valence-corrected chi connectivity index (χ4v) is 1.87. The van der Waals surface area contributed by atoms with Crippen LogP contribution < -0.4 is 4.74 Å². The average Bonchev–Trinajstić information content (AvgIpc) is 2.47. The highest BCUT2D eigenvalue weighted by molar-refractivity contribution is 5.44. The van der Waals surface area contributed by atoms with E-state index in [-0.39, 0.29) is 5.69 Å². The van der Waals surface area contributed by atoms with Crippen molar-refractivity contribution in [3.8, 4) is 5.75 Å². The molecule has 0 spiro atoms. The topological polar surface area (TPSA) is 52.4 Å². The van der Waals surface area contributed by atoms with Gasteiger partial charge in [-0.15, -0.1) is 6.58 Å². The monoisotopic (exact) mass is 269 g/mol. The van der Waals surface area contributed by atoms with E-state index in [0.717, 1.165) is 11.1 Å². The summed E-state index contributed by atoms with van der Waals surface area (Å²) in [6.45, 7) is 4.10. The molecule has 0 radical (unpaired) electrons. The quantitative estimate of drug-likeness (QED) is 0.454. The van der Waals surface area contributed by atoms with Crippen LogP contribution in [0.5, 0.6) is 5.75 Å². The first-order chi connectivity index (χ1) is 9.70. The number of hydrogen-bond acceptors (Lipinski definition) is 3. The van der Waals surface area contributed by atoms with Crippen molar-refractivity contribution in [2.75, 3.05) is 0 Å². The van der Waals surface area contributed by atoms with Crippen LogP contribution >= 0.6 is 0 Å². The molecule has 0 aliphatic carbocycles. The van der Waals surface area contributed by atoms with Gasteiger partial charge in [-0.3, -0.25) is 10.1 Å². The number of non-ortho nitro benzene ring substituents is 1. The van der Waals surface area contributed by atoms with Crippen molar-refractivity contribution in [1.82, 2.24) is 0 Å². The predicted octanol–water partition coefficient (Wildman–Crippen LogP) is 3.90. The third-order valence-electron chi connectivity index (χ3n) is 2.86. The lowest BCUT2D eigenvalue weighted by atomic mass is 10.1. The van der Waals surface area contributed by atoms with E-state index in [1.165, 1.54) is 12.1 Å². The van der Waals surface area contributed by atoms with Crippen molar-refractivity contribution in [2.45, 2.75) is 13.0 Å². The van der Waals surface area contributed by atoms with Gasteiger partial charge in [0.05, 0.1) is 4.92 Å². The van der Waals surface area contributed by atoms with Crippen LogP contribution in [-0.4, -0.2) is 4.92 Å². The van der Waals surface area contributed by atoms with Gasteiger partial charge >= 0.3 is 0 Å². The summed E-state index contributed by atoms with van der Waals surface area (Å²) in [5, 5.41) is 10.8. The zero-order valence-corrected chi connectivity index (χ0v) is 11.0. The molecule has 0 heterocycles. The maximum Gasteiger partial charge on any atom is 0.269 e. The molecule has 20 heavy (non-hydrogen) atoms. The van der Waals surface area contributed by atoms with E-state index in [4.69, 9.17) is 4.74 Å². The van der Waals surface area contributed by atoms with E-state index < -0.39 is 4.92 Å². The Balaban J connectivity index is 2.18. The third-order valence-corrected chi connectivity index (χ3v) is 2.86. The molecule has 2 aromatic carbocycles. The van der Waals surface area contributed by atoms with Crippen LogP contribution in [0.25, 0.3) is 0 Å². The summed E-state index contributed by atoms with van der Waals surface area (Å²) in [5.74, 6) is 0.652. The fraction of sp³-hybridized carbons (Fsp3) is 0.125. The Morgan fingerprint density at radius 1 is 1.20 bits per heavy atom. The van der Waals surface area contributed by atoms with Gasteiger partial charge in [-0.1, -0.05) is 36.4 Å². The van der Waals surface area contributed by atoms with E-state index >= 15 is 0 Å². The van der Waals surface area contributed by atoms with E-state index in [9.17, 15) is 10.1 Å². The highest BCUT2D eigenvalue weighted by Gasteiger charge is 2.11. The van der Waals surface area contributed by atoms with Gasteiger partial charge in [0, 0.05) is 17.7 Å². The van der Waals surface area contributed by atoms with Crippen molar-refractivity contribution in [3.63, 3.8) is 0 Å². The predicted molar refractivity (Wildman–Crippen MR) is 77.8 cm³/mol. The molecular formula is C16H15NO3. The first-order valence-corrected chi connectivity index (χ1v) is 6.25. The summed E-state index contributed by atoms with van der Waals surface area (Å²) in [6.07, 6.45) is 2.24. The third kappa shape index (κ3) is 3.45. The van der Waals surface area contributed by atoms with E-state index in [1.54, 1.807) is 12.1 Å². The molecular weight excluding hydrogens is 254 g/mol. The molecule has 0 saturated carbocycles. The summed E-state index contributed by atoms with van der Waals surface area (Å²) < 4.78 is 5.74. The smallest absolute Gasteiger partial charge is 0.269 e. The Bertz CT molecular complexity index is 608. The molecule has 0 atom stereocenters. The largest absolute Gasteiger partial charge is 0.489 e. The van der Waals surface area contributed by atoms with Crippen molar-refractivity contribution in [1.29, 1.82) is 0 Å². The molecule has 0 saturated heterocycles. The lowest BCUT2D eigenvalue weighted by Gasteiger charge is -2.10. The normalized spacial score (nSPS) is 10.0. The van der Waals surface area contributed by atoms with Gasteiger partial charge in [0.1, 0.15) is 12.4 Å². The number of nitro benzene ring substituents is 1. The minimum Gasteiger partial charge on any atom is -0.489 e. The summed E-state index contributed by atoms with van der Waals surface area (Å²) in [7, 11) is 0. The average molecular weight is 269 g/mol. The van der Waals surface area contributed by atoms with Crippen LogP contribution in [0, 0.1) is 10.1 Å². The highest BCUT2D eigenvalue weighted by atomic mass is 16.6. The number of allylic oxidation sites excluding steroid dienone is 1. The van der Waals surface area contributed by atoms with Crippen LogP contribution in [0.2, 0.25) is 0 Å². The molecule has 0 amide bonds. The van der Waals surface area contributed by atoms with Crippen molar-refractivity contribution in [2.24, 2.45) is 0 Å². The number of nitro groups is 1. The minimum atomic E-state index is -0.409. The standard InChI is InChI=1S/C16H15NO3/c1-2-6-14-11-15(17(18)19)9-10-16(14)20-12-13-7-4-3-5-8-13/h2-5,7-11H,1,6,12H2. The van der Waals surface area contributed by atoms with Gasteiger partial charge in [-0.05, 0) is 18.1 Å².